The molecule has 1 aromatic rings. The fourth-order valence-electron chi connectivity index (χ4n) is 3.32. The van der Waals surface area contributed by atoms with E-state index in [1.54, 1.807) is 0 Å². The number of aromatic amines is 1. The maximum atomic E-state index is 12.6. The maximum absolute atomic E-state index is 12.6. The fraction of sp³-hybridized carbons (Fsp3) is 0.783. The molecule has 186 valence electrons. The van der Waals surface area contributed by atoms with Crippen molar-refractivity contribution in [3.05, 3.63) is 33.1 Å². The van der Waals surface area contributed by atoms with Crippen molar-refractivity contribution in [2.24, 2.45) is 5.92 Å². The highest BCUT2D eigenvalue weighted by Crippen LogP contribution is 2.45. The average molecular weight is 496 g/mol. The van der Waals surface area contributed by atoms with Crippen LogP contribution >= 0.6 is 0 Å². The monoisotopic (exact) mass is 495 g/mol. The maximum Gasteiger partial charge on any atom is 0.330 e. The van der Waals surface area contributed by atoms with E-state index in [-0.39, 0.29) is 22.4 Å². The summed E-state index contributed by atoms with van der Waals surface area (Å²) in [5.74, 6) is -0.266. The molecule has 1 aliphatic heterocycles. The van der Waals surface area contributed by atoms with Gasteiger partial charge in [-0.05, 0) is 36.3 Å². The SMILES string of the molecule is CC(C)(C)[Si](C)(C)OCC1OC(n2ccc(=O)[nH]c2=O)C(O[Si](C)(C)C(C)(C)C)C1CC#N. The highest BCUT2D eigenvalue weighted by molar-refractivity contribution is 6.74. The van der Waals surface area contributed by atoms with Crippen molar-refractivity contribution in [2.75, 3.05) is 6.61 Å². The van der Waals surface area contributed by atoms with Gasteiger partial charge in [-0.25, -0.2) is 4.79 Å². The van der Waals surface area contributed by atoms with Crippen molar-refractivity contribution in [1.29, 1.82) is 5.26 Å². The molecular weight excluding hydrogens is 454 g/mol. The number of ether oxygens (including phenoxy) is 1. The molecule has 4 unspecified atom stereocenters. The second kappa shape index (κ2) is 9.62. The van der Waals surface area contributed by atoms with Gasteiger partial charge >= 0.3 is 5.69 Å². The van der Waals surface area contributed by atoms with Crippen molar-refractivity contribution in [2.45, 2.75) is 103 Å². The van der Waals surface area contributed by atoms with Crippen LogP contribution in [0.5, 0.6) is 0 Å². The van der Waals surface area contributed by atoms with Crippen molar-refractivity contribution in [3.63, 3.8) is 0 Å². The molecule has 0 aromatic carbocycles. The van der Waals surface area contributed by atoms with Gasteiger partial charge in [0.2, 0.25) is 0 Å². The minimum atomic E-state index is -2.27. The molecule has 1 N–H and O–H groups in total. The zero-order chi connectivity index (χ0) is 25.4. The first-order valence-corrected chi connectivity index (χ1v) is 17.4. The van der Waals surface area contributed by atoms with E-state index >= 15 is 0 Å². The van der Waals surface area contributed by atoms with Gasteiger partial charge in [0.25, 0.3) is 5.56 Å². The van der Waals surface area contributed by atoms with Gasteiger partial charge in [-0.1, -0.05) is 41.5 Å². The van der Waals surface area contributed by atoms with E-state index in [4.69, 9.17) is 13.6 Å². The number of H-pyrrole nitrogens is 1. The molecular formula is C23H41N3O5Si2. The van der Waals surface area contributed by atoms with Crippen molar-refractivity contribution < 1.29 is 13.6 Å². The van der Waals surface area contributed by atoms with Crippen LogP contribution in [0.15, 0.2) is 21.9 Å². The van der Waals surface area contributed by atoms with E-state index < -0.39 is 46.3 Å². The molecule has 2 rings (SSSR count). The Morgan fingerprint density at radius 2 is 1.67 bits per heavy atom. The standard InChI is InChI=1S/C23H41N3O5Si2/c1-22(2,3)32(7,8)29-15-17-16(11-13-24)19(31-33(9,10)23(4,5)6)20(30-17)26-14-12-18(27)25-21(26)28/h12,14,16-17,19-20H,11,15H2,1-10H3,(H,25,27,28). The van der Waals surface area contributed by atoms with Gasteiger partial charge in [0.15, 0.2) is 22.9 Å². The Morgan fingerprint density at radius 1 is 1.09 bits per heavy atom. The van der Waals surface area contributed by atoms with Crippen molar-refractivity contribution >= 4 is 16.6 Å². The third kappa shape index (κ3) is 6.14. The number of hydrogen-bond acceptors (Lipinski definition) is 6. The molecule has 10 heteroatoms. The first-order chi connectivity index (χ1) is 14.9. The third-order valence-electron chi connectivity index (χ3n) is 7.60. The first-order valence-electron chi connectivity index (χ1n) is 11.6. The number of hydrogen-bond donors (Lipinski definition) is 1. The molecule has 1 aromatic heterocycles. The number of nitrogens with one attached hydrogen (secondary N) is 1. The quantitative estimate of drug-likeness (QED) is 0.563. The molecule has 1 fully saturated rings. The van der Waals surface area contributed by atoms with Gasteiger partial charge < -0.3 is 13.6 Å². The Morgan fingerprint density at radius 3 is 2.15 bits per heavy atom. The van der Waals surface area contributed by atoms with Gasteiger partial charge in [0, 0.05) is 24.6 Å². The Hall–Kier alpha value is -1.52. The van der Waals surface area contributed by atoms with Crippen LogP contribution in [0.25, 0.3) is 0 Å². The van der Waals surface area contributed by atoms with Crippen LogP contribution in [0.3, 0.4) is 0 Å². The smallest absolute Gasteiger partial charge is 0.330 e. The van der Waals surface area contributed by atoms with Gasteiger partial charge in [-0.2, -0.15) is 5.26 Å². The van der Waals surface area contributed by atoms with E-state index in [2.05, 4.69) is 78.8 Å². The van der Waals surface area contributed by atoms with Crippen LogP contribution in [0.4, 0.5) is 0 Å². The number of aromatic nitrogens is 2. The van der Waals surface area contributed by atoms with E-state index in [9.17, 15) is 14.9 Å². The summed E-state index contributed by atoms with van der Waals surface area (Å²) in [4.78, 5) is 26.6. The summed E-state index contributed by atoms with van der Waals surface area (Å²) < 4.78 is 21.0. The average Bonchev–Trinajstić information content (AvgIpc) is 2.95. The minimum Gasteiger partial charge on any atom is -0.414 e. The summed E-state index contributed by atoms with van der Waals surface area (Å²) in [6.45, 7) is 21.9. The summed E-state index contributed by atoms with van der Waals surface area (Å²) in [6.07, 6.45) is -0.0114. The van der Waals surface area contributed by atoms with E-state index in [0.29, 0.717) is 6.61 Å². The van der Waals surface area contributed by atoms with Gasteiger partial charge in [0.05, 0.1) is 24.9 Å². The Labute approximate surface area is 199 Å². The Balaban J connectivity index is 2.48. The lowest BCUT2D eigenvalue weighted by Gasteiger charge is -2.40. The predicted octanol–water partition coefficient (Wildman–Crippen LogP) is 4.38. The molecule has 1 aliphatic rings. The molecule has 0 saturated carbocycles. The molecule has 0 aliphatic carbocycles. The minimum absolute atomic E-state index is 0.0304. The van der Waals surface area contributed by atoms with Crippen LogP contribution < -0.4 is 11.2 Å². The zero-order valence-electron chi connectivity index (χ0n) is 21.8. The molecule has 0 bridgehead atoms. The Bertz CT molecular complexity index is 982. The van der Waals surface area contributed by atoms with Gasteiger partial charge in [-0.15, -0.1) is 0 Å². The number of nitrogens with zero attached hydrogens (tertiary/aromatic N) is 2. The summed E-state index contributed by atoms with van der Waals surface area (Å²) in [6, 6.07) is 3.58. The van der Waals surface area contributed by atoms with Crippen LogP contribution in [0, 0.1) is 17.2 Å². The van der Waals surface area contributed by atoms with Gasteiger partial charge in [0.1, 0.15) is 0 Å². The molecule has 1 saturated heterocycles. The summed E-state index contributed by atoms with van der Waals surface area (Å²) >= 11 is 0. The second-order valence-corrected chi connectivity index (χ2v) is 21.6. The lowest BCUT2D eigenvalue weighted by molar-refractivity contribution is -0.0494. The van der Waals surface area contributed by atoms with Crippen molar-refractivity contribution in [1.82, 2.24) is 9.55 Å². The molecule has 4 atom stereocenters. The molecule has 2 heterocycles. The topological polar surface area (TPSA) is 106 Å². The first kappa shape index (κ1) is 27.7. The highest BCUT2D eigenvalue weighted by atomic mass is 28.4. The van der Waals surface area contributed by atoms with Crippen LogP contribution in [0.1, 0.15) is 54.2 Å². The largest absolute Gasteiger partial charge is 0.414 e. The summed E-state index contributed by atoms with van der Waals surface area (Å²) in [7, 11) is -4.33. The number of rotatable bonds is 7. The fourth-order valence-corrected chi connectivity index (χ4v) is 5.66. The van der Waals surface area contributed by atoms with E-state index in [0.717, 1.165) is 0 Å². The molecule has 0 spiro atoms. The predicted molar refractivity (Wildman–Crippen MR) is 134 cm³/mol. The van der Waals surface area contributed by atoms with Gasteiger partial charge in [-0.3, -0.25) is 14.3 Å². The summed E-state index contributed by atoms with van der Waals surface area (Å²) in [5, 5.41) is 9.59. The molecule has 8 nitrogen and oxygen atoms in total. The summed E-state index contributed by atoms with van der Waals surface area (Å²) in [5.41, 5.74) is -1.03. The normalized spacial score (nSPS) is 24.6. The van der Waals surface area contributed by atoms with Crippen LogP contribution in [-0.4, -0.2) is 45.0 Å². The molecule has 0 amide bonds. The second-order valence-electron chi connectivity index (χ2n) is 12.0. The Kier molecular flexibility index (Phi) is 8.08. The lowest BCUT2D eigenvalue weighted by Crippen LogP contribution is -2.48. The van der Waals surface area contributed by atoms with E-state index in [1.807, 2.05) is 0 Å². The number of nitriles is 1. The van der Waals surface area contributed by atoms with Crippen LogP contribution in [-0.2, 0) is 13.6 Å². The van der Waals surface area contributed by atoms with E-state index in [1.165, 1.54) is 16.8 Å². The lowest BCUT2D eigenvalue weighted by atomic mass is 9.95. The highest BCUT2D eigenvalue weighted by Gasteiger charge is 2.51. The van der Waals surface area contributed by atoms with Crippen LogP contribution in [0.2, 0.25) is 36.3 Å². The molecule has 33 heavy (non-hydrogen) atoms. The van der Waals surface area contributed by atoms with Crippen molar-refractivity contribution in [3.8, 4) is 6.07 Å². The zero-order valence-corrected chi connectivity index (χ0v) is 23.8. The molecule has 0 radical (unpaired) electrons. The third-order valence-corrected chi connectivity index (χ3v) is 16.6.